The van der Waals surface area contributed by atoms with Crippen LogP contribution >= 0.6 is 0 Å². The van der Waals surface area contributed by atoms with Crippen LogP contribution in [0.1, 0.15) is 97.3 Å². The molecule has 6 heteroatoms. The molecule has 208 valence electrons. The zero-order chi connectivity index (χ0) is 26.1. The first-order valence-electron chi connectivity index (χ1n) is 15.8. The maximum absolute atomic E-state index is 14.0. The molecule has 0 bridgehead atoms. The number of carbonyl (C=O) groups excluding carboxylic acids is 2. The lowest BCUT2D eigenvalue weighted by atomic mass is 9.65. The number of amides is 2. The molecule has 5 fully saturated rings. The molecular weight excluding hydrogens is 474 g/mol. The van der Waals surface area contributed by atoms with E-state index in [4.69, 9.17) is 4.74 Å². The Labute approximate surface area is 228 Å². The van der Waals surface area contributed by atoms with Gasteiger partial charge < -0.3 is 14.5 Å². The highest BCUT2D eigenvalue weighted by Crippen LogP contribution is 2.65. The van der Waals surface area contributed by atoms with Crippen LogP contribution in [-0.2, 0) is 9.53 Å². The van der Waals surface area contributed by atoms with Crippen molar-refractivity contribution >= 4 is 12.0 Å². The maximum Gasteiger partial charge on any atom is 0.410 e. The molecule has 3 saturated carbocycles. The number of rotatable bonds is 3. The molecule has 2 spiro atoms. The fourth-order valence-electron chi connectivity index (χ4n) is 10.2. The number of likely N-dealkylation sites (tertiary alicyclic amines) is 2. The van der Waals surface area contributed by atoms with Gasteiger partial charge in [-0.3, -0.25) is 9.69 Å². The van der Waals surface area contributed by atoms with Crippen molar-refractivity contribution in [2.24, 2.45) is 16.7 Å². The van der Waals surface area contributed by atoms with E-state index in [-0.39, 0.29) is 22.5 Å². The minimum atomic E-state index is -0.164. The lowest BCUT2D eigenvalue weighted by Gasteiger charge is -2.52. The molecule has 0 N–H and O–H groups in total. The van der Waals surface area contributed by atoms with Crippen LogP contribution in [-0.4, -0.2) is 77.1 Å². The van der Waals surface area contributed by atoms with Crippen molar-refractivity contribution in [3.05, 3.63) is 23.3 Å². The van der Waals surface area contributed by atoms with Crippen LogP contribution in [0.4, 0.5) is 4.79 Å². The van der Waals surface area contributed by atoms with Gasteiger partial charge in [0.05, 0.1) is 18.2 Å². The summed E-state index contributed by atoms with van der Waals surface area (Å²) in [5, 5.41) is 0. The molecule has 0 radical (unpaired) electrons. The lowest BCUT2D eigenvalue weighted by molar-refractivity contribution is -0.145. The zero-order valence-corrected chi connectivity index (χ0v) is 23.7. The number of piperidine rings is 2. The van der Waals surface area contributed by atoms with Gasteiger partial charge in [-0.25, -0.2) is 4.79 Å². The van der Waals surface area contributed by atoms with Crippen molar-refractivity contribution in [3.63, 3.8) is 0 Å². The fraction of sp³-hybridized carbons (Fsp3) is 0.812. The van der Waals surface area contributed by atoms with Crippen molar-refractivity contribution in [1.82, 2.24) is 14.7 Å². The average Bonchev–Trinajstić information content (AvgIpc) is 3.19. The van der Waals surface area contributed by atoms with E-state index in [9.17, 15) is 9.59 Å². The van der Waals surface area contributed by atoms with Gasteiger partial charge >= 0.3 is 6.09 Å². The van der Waals surface area contributed by atoms with Crippen molar-refractivity contribution in [1.29, 1.82) is 0 Å². The topological polar surface area (TPSA) is 52.9 Å². The fourth-order valence-corrected chi connectivity index (χ4v) is 10.2. The number of hydrogen-bond acceptors (Lipinski definition) is 4. The second-order valence-corrected chi connectivity index (χ2v) is 14.0. The van der Waals surface area contributed by atoms with E-state index in [1.807, 2.05) is 6.92 Å². The van der Waals surface area contributed by atoms with Crippen LogP contribution in [0.5, 0.6) is 0 Å². The summed E-state index contributed by atoms with van der Waals surface area (Å²) < 4.78 is 5.42. The van der Waals surface area contributed by atoms with E-state index >= 15 is 0 Å². The number of hydrogen-bond donors (Lipinski definition) is 0. The Balaban J connectivity index is 1.06. The van der Waals surface area contributed by atoms with Crippen LogP contribution in [0.25, 0.3) is 0 Å². The van der Waals surface area contributed by atoms with Crippen molar-refractivity contribution in [3.8, 4) is 0 Å². The molecule has 3 aliphatic heterocycles. The average molecular weight is 522 g/mol. The third kappa shape index (κ3) is 3.68. The van der Waals surface area contributed by atoms with Gasteiger partial charge in [0.15, 0.2) is 0 Å². The minimum Gasteiger partial charge on any atom is -0.450 e. The first kappa shape index (κ1) is 25.2. The monoisotopic (exact) mass is 521 g/mol. The summed E-state index contributed by atoms with van der Waals surface area (Å²) in [4.78, 5) is 33.8. The standard InChI is InChI=1S/C32H47N3O3/c1-3-38-29(37)35-27-12-11-24-19-25(20-32(24,27)35)33-17-15-31(16-18-33)22-34(21-23-9-5-6-10-26(23)31)28(36)30(2)13-7-4-8-14-30/h5,9,24-25,27H,3-4,6-8,10-22H2,1-2H3/t24?,25?,27?,32-,35?/m1/s1. The van der Waals surface area contributed by atoms with Crippen LogP contribution in [0.3, 0.4) is 0 Å². The molecule has 0 aromatic rings. The number of nitrogens with zero attached hydrogens (tertiary/aromatic N) is 3. The van der Waals surface area contributed by atoms with E-state index in [2.05, 4.69) is 33.8 Å². The molecular formula is C32H47N3O3. The van der Waals surface area contributed by atoms with E-state index in [1.165, 1.54) is 56.9 Å². The van der Waals surface area contributed by atoms with E-state index in [1.54, 1.807) is 5.57 Å². The van der Waals surface area contributed by atoms with Crippen LogP contribution < -0.4 is 0 Å². The summed E-state index contributed by atoms with van der Waals surface area (Å²) in [6.45, 7) is 8.61. The van der Waals surface area contributed by atoms with Crippen LogP contribution in [0.2, 0.25) is 0 Å². The smallest absolute Gasteiger partial charge is 0.410 e. The van der Waals surface area contributed by atoms with Gasteiger partial charge in [0, 0.05) is 30.0 Å². The first-order valence-corrected chi connectivity index (χ1v) is 15.8. The summed E-state index contributed by atoms with van der Waals surface area (Å²) in [5.41, 5.74) is 3.21. The van der Waals surface area contributed by atoms with Gasteiger partial charge in [-0.15, -0.1) is 0 Å². The Morgan fingerprint density at radius 1 is 1.08 bits per heavy atom. The molecule has 7 aliphatic rings. The van der Waals surface area contributed by atoms with Crippen LogP contribution in [0.15, 0.2) is 23.3 Å². The minimum absolute atomic E-state index is 0.0797. The lowest BCUT2D eigenvalue weighted by Crippen LogP contribution is -2.56. The molecule has 3 unspecified atom stereocenters. The van der Waals surface area contributed by atoms with E-state index in [0.717, 1.165) is 58.3 Å². The Hall–Kier alpha value is -1.82. The predicted octanol–water partition coefficient (Wildman–Crippen LogP) is 5.68. The molecule has 6 nitrogen and oxygen atoms in total. The summed E-state index contributed by atoms with van der Waals surface area (Å²) in [7, 11) is 0. The van der Waals surface area contributed by atoms with Gasteiger partial charge in [-0.1, -0.05) is 43.9 Å². The van der Waals surface area contributed by atoms with Crippen molar-refractivity contribution in [2.75, 3.05) is 32.8 Å². The van der Waals surface area contributed by atoms with E-state index in [0.29, 0.717) is 30.5 Å². The highest BCUT2D eigenvalue weighted by molar-refractivity contribution is 5.83. The molecule has 2 amide bonds. The molecule has 38 heavy (non-hydrogen) atoms. The molecule has 4 aliphatic carbocycles. The van der Waals surface area contributed by atoms with Crippen molar-refractivity contribution < 1.29 is 14.3 Å². The number of fused-ring (bicyclic) bond motifs is 1. The quantitative estimate of drug-likeness (QED) is 0.449. The summed E-state index contributed by atoms with van der Waals surface area (Å²) in [5.74, 6) is 1.07. The number of allylic oxidation sites excluding steroid dienone is 1. The predicted molar refractivity (Wildman–Crippen MR) is 148 cm³/mol. The largest absolute Gasteiger partial charge is 0.450 e. The molecule has 3 heterocycles. The molecule has 0 aromatic carbocycles. The third-order valence-corrected chi connectivity index (χ3v) is 12.1. The van der Waals surface area contributed by atoms with Gasteiger partial charge in [0.2, 0.25) is 5.91 Å². The first-order chi connectivity index (χ1) is 18.4. The Morgan fingerprint density at radius 3 is 2.63 bits per heavy atom. The third-order valence-electron chi connectivity index (χ3n) is 12.1. The maximum atomic E-state index is 14.0. The molecule has 0 aromatic heterocycles. The molecule has 2 saturated heterocycles. The van der Waals surface area contributed by atoms with Gasteiger partial charge in [-0.2, -0.15) is 0 Å². The van der Waals surface area contributed by atoms with Crippen LogP contribution in [0, 0.1) is 16.7 Å². The highest BCUT2D eigenvalue weighted by atomic mass is 16.6. The number of carbonyl (C=O) groups is 2. The second kappa shape index (κ2) is 9.11. The van der Waals surface area contributed by atoms with Crippen molar-refractivity contribution in [2.45, 2.75) is 115 Å². The Bertz CT molecular complexity index is 1050. The number of ether oxygens (including phenoxy) is 1. The van der Waals surface area contributed by atoms with Gasteiger partial charge in [-0.05, 0) is 95.7 Å². The van der Waals surface area contributed by atoms with Gasteiger partial charge in [0.1, 0.15) is 0 Å². The van der Waals surface area contributed by atoms with E-state index < -0.39 is 0 Å². The summed E-state index contributed by atoms with van der Waals surface area (Å²) in [6.07, 6.45) is 19.8. The second-order valence-electron chi connectivity index (χ2n) is 14.0. The van der Waals surface area contributed by atoms with Gasteiger partial charge in [0.25, 0.3) is 0 Å². The SMILES string of the molecule is CCOC(=O)N1C2CCC3CC(N4CCC5(CC4)CN(C(=O)C4(C)CCCCC4)CC4=C5CCC=C4)C[C@@]321. The molecule has 4 atom stereocenters. The summed E-state index contributed by atoms with van der Waals surface area (Å²) in [6, 6.07) is 1.01. The zero-order valence-electron chi connectivity index (χ0n) is 23.7. The Kier molecular flexibility index (Phi) is 6.03. The highest BCUT2D eigenvalue weighted by Gasteiger charge is 2.75. The molecule has 7 rings (SSSR count). The normalized spacial score (nSPS) is 37.2. The summed E-state index contributed by atoms with van der Waals surface area (Å²) >= 11 is 0. The Morgan fingerprint density at radius 2 is 1.87 bits per heavy atom.